The van der Waals surface area contributed by atoms with Gasteiger partial charge in [0.05, 0.1) is 11.5 Å². The second-order valence-electron chi connectivity index (χ2n) is 3.11. The van der Waals surface area contributed by atoms with Crippen LogP contribution in [0.1, 0.15) is 17.7 Å². The van der Waals surface area contributed by atoms with Crippen molar-refractivity contribution in [1.82, 2.24) is 4.98 Å². The van der Waals surface area contributed by atoms with E-state index in [9.17, 15) is 32.1 Å². The second-order valence-corrected chi connectivity index (χ2v) is 3.11. The highest BCUT2D eigenvalue weighted by Crippen LogP contribution is 2.35. The van der Waals surface area contributed by atoms with Crippen LogP contribution in [0.4, 0.5) is 27.6 Å². The van der Waals surface area contributed by atoms with E-state index in [4.69, 9.17) is 5.11 Å². The Morgan fingerprint density at radius 2 is 2.05 bits per heavy atom. The number of hydrogen-bond donors (Lipinski definition) is 1. The maximum absolute atomic E-state index is 12.6. The van der Waals surface area contributed by atoms with Gasteiger partial charge in [-0.05, 0) is 0 Å². The van der Waals surface area contributed by atoms with Crippen LogP contribution < -0.4 is 4.74 Å². The number of alkyl halides is 5. The third-order valence-corrected chi connectivity index (χ3v) is 1.86. The molecule has 1 aromatic heterocycles. The highest BCUT2D eigenvalue weighted by atomic mass is 19.4. The van der Waals surface area contributed by atoms with Crippen LogP contribution in [0.3, 0.4) is 0 Å². The van der Waals surface area contributed by atoms with Gasteiger partial charge >= 0.3 is 12.0 Å². The number of aliphatic hydroxyl groups is 1. The summed E-state index contributed by atoms with van der Waals surface area (Å²) >= 11 is 0. The van der Waals surface area contributed by atoms with Crippen molar-refractivity contribution in [2.24, 2.45) is 0 Å². The smallest absolute Gasteiger partial charge is 0.390 e. The number of nitro groups is 1. The van der Waals surface area contributed by atoms with Crippen molar-refractivity contribution in [1.29, 1.82) is 0 Å². The zero-order valence-electron chi connectivity index (χ0n) is 8.82. The van der Waals surface area contributed by atoms with Gasteiger partial charge in [-0.3, -0.25) is 10.1 Å². The van der Waals surface area contributed by atoms with Gasteiger partial charge in [0.25, 0.3) is 6.43 Å². The van der Waals surface area contributed by atoms with E-state index in [0.717, 1.165) is 0 Å². The fraction of sp³-hybridized carbons (Fsp3) is 0.375. The third-order valence-electron chi connectivity index (χ3n) is 1.86. The van der Waals surface area contributed by atoms with Crippen molar-refractivity contribution in [2.75, 3.05) is 0 Å². The first-order valence-corrected chi connectivity index (χ1v) is 4.48. The largest absolute Gasteiger partial charge is 0.574 e. The highest BCUT2D eigenvalue weighted by molar-refractivity contribution is 5.47. The van der Waals surface area contributed by atoms with Crippen molar-refractivity contribution < 1.29 is 36.7 Å². The molecule has 0 saturated carbocycles. The van der Waals surface area contributed by atoms with Gasteiger partial charge in [0.1, 0.15) is 11.3 Å². The molecule has 0 atom stereocenters. The molecule has 0 amide bonds. The molecule has 0 fully saturated rings. The number of halogens is 5. The van der Waals surface area contributed by atoms with E-state index in [1.54, 1.807) is 0 Å². The van der Waals surface area contributed by atoms with Crippen LogP contribution in [0.5, 0.6) is 5.88 Å². The molecular formula is C8H5F5N2O4. The van der Waals surface area contributed by atoms with Gasteiger partial charge in [-0.1, -0.05) is 0 Å². The van der Waals surface area contributed by atoms with Crippen molar-refractivity contribution in [3.63, 3.8) is 0 Å². The monoisotopic (exact) mass is 288 g/mol. The summed E-state index contributed by atoms with van der Waals surface area (Å²) in [7, 11) is 0. The van der Waals surface area contributed by atoms with Gasteiger partial charge in [0.2, 0.25) is 5.88 Å². The molecule has 0 aliphatic heterocycles. The van der Waals surface area contributed by atoms with Gasteiger partial charge in [-0.15, -0.1) is 13.2 Å². The van der Waals surface area contributed by atoms with Crippen LogP contribution >= 0.6 is 0 Å². The summed E-state index contributed by atoms with van der Waals surface area (Å²) in [6.45, 7) is -1.19. The van der Waals surface area contributed by atoms with Gasteiger partial charge in [0, 0.05) is 6.07 Å². The lowest BCUT2D eigenvalue weighted by atomic mass is 10.2. The second kappa shape index (κ2) is 5.30. The topological polar surface area (TPSA) is 85.5 Å². The molecule has 0 aromatic carbocycles. The molecule has 1 rings (SSSR count). The molecule has 0 bridgehead atoms. The molecule has 0 radical (unpaired) electrons. The Morgan fingerprint density at radius 1 is 1.47 bits per heavy atom. The minimum Gasteiger partial charge on any atom is -0.390 e. The zero-order valence-corrected chi connectivity index (χ0v) is 8.82. The van der Waals surface area contributed by atoms with E-state index in [2.05, 4.69) is 9.72 Å². The normalized spacial score (nSPS) is 11.7. The molecule has 0 aliphatic carbocycles. The summed E-state index contributed by atoms with van der Waals surface area (Å²) in [4.78, 5) is 12.3. The molecule has 1 heterocycles. The number of rotatable bonds is 4. The van der Waals surface area contributed by atoms with Crippen LogP contribution in [0.15, 0.2) is 6.07 Å². The molecule has 1 N–H and O–H groups in total. The Bertz CT molecular complexity index is 491. The molecule has 0 spiro atoms. The predicted octanol–water partition coefficient (Wildman–Crippen LogP) is 2.32. The van der Waals surface area contributed by atoms with Crippen LogP contribution in [-0.2, 0) is 6.61 Å². The van der Waals surface area contributed by atoms with Gasteiger partial charge in [-0.2, -0.15) is 0 Å². The fourth-order valence-corrected chi connectivity index (χ4v) is 1.24. The zero-order chi connectivity index (χ0) is 14.8. The van der Waals surface area contributed by atoms with Crippen molar-refractivity contribution in [3.8, 4) is 5.88 Å². The first-order valence-electron chi connectivity index (χ1n) is 4.48. The molecule has 6 nitrogen and oxygen atoms in total. The first-order chi connectivity index (χ1) is 8.65. The number of aliphatic hydroxyl groups excluding tert-OH is 1. The summed E-state index contributed by atoms with van der Waals surface area (Å²) in [6.07, 6.45) is -8.63. The molecule has 0 aliphatic rings. The summed E-state index contributed by atoms with van der Waals surface area (Å²) in [5, 5.41) is 19.3. The SMILES string of the molecule is O=[N+]([O-])c1c(C(F)F)cc(OC(F)(F)F)nc1CO. The summed E-state index contributed by atoms with van der Waals surface area (Å²) < 4.78 is 64.2. The average molecular weight is 288 g/mol. The molecular weight excluding hydrogens is 283 g/mol. The van der Waals surface area contributed by atoms with E-state index < -0.39 is 47.1 Å². The van der Waals surface area contributed by atoms with Crippen LogP contribution in [-0.4, -0.2) is 21.4 Å². The lowest BCUT2D eigenvalue weighted by Gasteiger charge is -2.11. The Kier molecular flexibility index (Phi) is 4.19. The standard InChI is InChI=1S/C8H5F5N2O4/c9-7(10)3-1-5(19-8(11,12)13)14-4(2-16)6(3)15(17)18/h1,7,16H,2H2. The van der Waals surface area contributed by atoms with Crippen molar-refractivity contribution in [3.05, 3.63) is 27.4 Å². The third kappa shape index (κ3) is 3.71. The Balaban J connectivity index is 3.40. The number of hydrogen-bond acceptors (Lipinski definition) is 5. The summed E-state index contributed by atoms with van der Waals surface area (Å²) in [6, 6.07) is 0.107. The summed E-state index contributed by atoms with van der Waals surface area (Å²) in [5.74, 6) is -1.31. The highest BCUT2D eigenvalue weighted by Gasteiger charge is 2.35. The van der Waals surface area contributed by atoms with Crippen LogP contribution in [0.2, 0.25) is 0 Å². The quantitative estimate of drug-likeness (QED) is 0.522. The summed E-state index contributed by atoms with van der Waals surface area (Å²) in [5.41, 5.74) is -3.50. The van der Waals surface area contributed by atoms with Gasteiger partial charge in [-0.25, -0.2) is 13.8 Å². The van der Waals surface area contributed by atoms with Gasteiger partial charge in [0.15, 0.2) is 0 Å². The van der Waals surface area contributed by atoms with Crippen LogP contribution in [0, 0.1) is 10.1 Å². The van der Waals surface area contributed by atoms with E-state index >= 15 is 0 Å². The fourth-order valence-electron chi connectivity index (χ4n) is 1.24. The number of pyridine rings is 1. The Morgan fingerprint density at radius 3 is 2.42 bits per heavy atom. The lowest BCUT2D eigenvalue weighted by molar-refractivity contribution is -0.387. The molecule has 11 heteroatoms. The molecule has 106 valence electrons. The maximum atomic E-state index is 12.6. The minimum atomic E-state index is -5.20. The molecule has 0 unspecified atom stereocenters. The lowest BCUT2D eigenvalue weighted by Crippen LogP contribution is -2.19. The van der Waals surface area contributed by atoms with Gasteiger partial charge < -0.3 is 9.84 Å². The average Bonchev–Trinajstić information content (AvgIpc) is 2.24. The van der Waals surface area contributed by atoms with E-state index in [1.807, 2.05) is 0 Å². The van der Waals surface area contributed by atoms with E-state index in [1.165, 1.54) is 0 Å². The Labute approximate surface area is 101 Å². The maximum Gasteiger partial charge on any atom is 0.574 e. The van der Waals surface area contributed by atoms with Crippen molar-refractivity contribution >= 4 is 5.69 Å². The van der Waals surface area contributed by atoms with E-state index in [0.29, 0.717) is 0 Å². The molecule has 1 aromatic rings. The van der Waals surface area contributed by atoms with E-state index in [-0.39, 0.29) is 6.07 Å². The molecule has 0 saturated heterocycles. The van der Waals surface area contributed by atoms with Crippen molar-refractivity contribution in [2.45, 2.75) is 19.4 Å². The number of ether oxygens (including phenoxy) is 1. The number of nitrogens with zero attached hydrogens (tertiary/aromatic N) is 2. The first kappa shape index (κ1) is 15.0. The number of aromatic nitrogens is 1. The minimum absolute atomic E-state index is 0.107. The van der Waals surface area contributed by atoms with Crippen LogP contribution in [0.25, 0.3) is 0 Å². The Hall–Kier alpha value is -2.04. The predicted molar refractivity (Wildman–Crippen MR) is 48.5 cm³/mol. The molecule has 19 heavy (non-hydrogen) atoms.